The molecule has 2 rings (SSSR count). The van der Waals surface area contributed by atoms with Crippen LogP contribution in [0.1, 0.15) is 29.8 Å². The normalized spacial score (nSPS) is 12.9. The molecule has 2 atom stereocenters. The van der Waals surface area contributed by atoms with Crippen LogP contribution in [0.25, 0.3) is 6.08 Å². The van der Waals surface area contributed by atoms with Gasteiger partial charge < -0.3 is 28.4 Å². The van der Waals surface area contributed by atoms with Gasteiger partial charge in [-0.2, -0.15) is 0 Å². The van der Waals surface area contributed by atoms with Gasteiger partial charge in [-0.25, -0.2) is 0 Å². The second-order valence-corrected chi connectivity index (χ2v) is 6.79. The van der Waals surface area contributed by atoms with Crippen LogP contribution in [0.5, 0.6) is 28.7 Å². The van der Waals surface area contributed by atoms with Gasteiger partial charge in [-0.15, -0.1) is 0 Å². The minimum absolute atomic E-state index is 0.0921. The first kappa shape index (κ1) is 24.1. The summed E-state index contributed by atoms with van der Waals surface area (Å²) >= 11 is 0. The van der Waals surface area contributed by atoms with E-state index in [0.29, 0.717) is 34.3 Å². The van der Waals surface area contributed by atoms with Crippen molar-refractivity contribution in [3.8, 4) is 28.7 Å². The third kappa shape index (κ3) is 5.92. The van der Waals surface area contributed by atoms with Gasteiger partial charge in [0.15, 0.2) is 28.8 Å². The summed E-state index contributed by atoms with van der Waals surface area (Å²) in [6, 6.07) is 8.68. The summed E-state index contributed by atoms with van der Waals surface area (Å²) in [7, 11) is 7.74. The van der Waals surface area contributed by atoms with Crippen molar-refractivity contribution in [2.24, 2.45) is 0 Å². The lowest BCUT2D eigenvalue weighted by Gasteiger charge is -2.21. The van der Waals surface area contributed by atoms with Crippen molar-refractivity contribution in [3.05, 3.63) is 47.5 Å². The predicted octanol–water partition coefficient (Wildman–Crippen LogP) is 4.42. The molecule has 0 aliphatic heterocycles. The van der Waals surface area contributed by atoms with Crippen molar-refractivity contribution in [3.63, 3.8) is 0 Å². The fourth-order valence-electron chi connectivity index (χ4n) is 2.87. The molecule has 0 heterocycles. The van der Waals surface area contributed by atoms with E-state index in [1.807, 2.05) is 26.0 Å². The van der Waals surface area contributed by atoms with Gasteiger partial charge in [0.25, 0.3) is 0 Å². The van der Waals surface area contributed by atoms with Crippen molar-refractivity contribution in [2.45, 2.75) is 26.1 Å². The van der Waals surface area contributed by atoms with Crippen LogP contribution in [0.3, 0.4) is 0 Å². The average molecular weight is 430 g/mol. The third-order valence-corrected chi connectivity index (χ3v) is 4.91. The van der Waals surface area contributed by atoms with E-state index in [1.54, 1.807) is 38.5 Å². The van der Waals surface area contributed by atoms with Gasteiger partial charge >= 0.3 is 0 Å². The molecule has 0 saturated heterocycles. The minimum atomic E-state index is -0.209. The molecule has 2 aromatic carbocycles. The molecule has 0 aromatic heterocycles. The summed E-state index contributed by atoms with van der Waals surface area (Å²) in [6.07, 6.45) is 2.92. The fourth-order valence-corrected chi connectivity index (χ4v) is 2.87. The number of ketones is 1. The Hall–Kier alpha value is -3.19. The fraction of sp³-hybridized carbons (Fsp3) is 0.375. The molecule has 7 nitrogen and oxygen atoms in total. The quantitative estimate of drug-likeness (QED) is 0.386. The van der Waals surface area contributed by atoms with E-state index in [-0.39, 0.29) is 18.0 Å². The lowest BCUT2D eigenvalue weighted by Crippen LogP contribution is -2.27. The van der Waals surface area contributed by atoms with Gasteiger partial charge in [-0.1, -0.05) is 12.1 Å². The molecular formula is C24H30O7. The maximum absolute atomic E-state index is 12.8. The molecule has 2 aromatic rings. The van der Waals surface area contributed by atoms with Gasteiger partial charge in [-0.05, 0) is 49.8 Å². The highest BCUT2D eigenvalue weighted by Gasteiger charge is 2.17. The molecule has 0 radical (unpaired) electrons. The zero-order valence-corrected chi connectivity index (χ0v) is 19.1. The Balaban J connectivity index is 2.29. The van der Waals surface area contributed by atoms with Crippen molar-refractivity contribution >= 4 is 11.9 Å². The van der Waals surface area contributed by atoms with E-state index in [0.717, 1.165) is 5.56 Å². The van der Waals surface area contributed by atoms with Gasteiger partial charge in [-0.3, -0.25) is 4.79 Å². The number of allylic oxidation sites excluding steroid dienone is 1. The van der Waals surface area contributed by atoms with Crippen molar-refractivity contribution < 1.29 is 33.2 Å². The first-order valence-corrected chi connectivity index (χ1v) is 9.78. The number of hydrogen-bond donors (Lipinski definition) is 0. The number of hydrogen-bond acceptors (Lipinski definition) is 7. The van der Waals surface area contributed by atoms with Gasteiger partial charge in [0.1, 0.15) is 6.10 Å². The summed E-state index contributed by atoms with van der Waals surface area (Å²) in [5.41, 5.74) is 1.20. The smallest absolute Gasteiger partial charge is 0.203 e. The van der Waals surface area contributed by atoms with E-state index < -0.39 is 0 Å². The molecule has 7 heteroatoms. The number of carbonyl (C=O) groups is 1. The Labute approximate surface area is 183 Å². The van der Waals surface area contributed by atoms with E-state index >= 15 is 0 Å². The van der Waals surface area contributed by atoms with Crippen LogP contribution in [0.2, 0.25) is 0 Å². The molecule has 0 saturated carbocycles. The lowest BCUT2D eigenvalue weighted by atomic mass is 10.1. The summed E-state index contributed by atoms with van der Waals surface area (Å²) < 4.78 is 32.6. The van der Waals surface area contributed by atoms with Crippen LogP contribution >= 0.6 is 0 Å². The first-order valence-electron chi connectivity index (χ1n) is 9.78. The van der Waals surface area contributed by atoms with Crippen LogP contribution in [-0.4, -0.2) is 53.5 Å². The van der Waals surface area contributed by atoms with Crippen molar-refractivity contribution in [2.75, 3.05) is 35.5 Å². The van der Waals surface area contributed by atoms with Crippen molar-refractivity contribution in [1.29, 1.82) is 0 Å². The zero-order valence-electron chi connectivity index (χ0n) is 19.1. The molecule has 0 fully saturated rings. The topological polar surface area (TPSA) is 72.5 Å². The number of carbonyl (C=O) groups excluding carboxylic acids is 1. The second kappa shape index (κ2) is 11.3. The number of methoxy groups -OCH3 is 5. The highest BCUT2D eigenvalue weighted by atomic mass is 16.6. The molecule has 31 heavy (non-hydrogen) atoms. The first-order chi connectivity index (χ1) is 14.9. The summed E-state index contributed by atoms with van der Waals surface area (Å²) in [6.45, 7) is 3.85. The monoisotopic (exact) mass is 430 g/mol. The highest BCUT2D eigenvalue weighted by Crippen LogP contribution is 2.38. The molecule has 0 aliphatic rings. The molecule has 0 amide bonds. The van der Waals surface area contributed by atoms with E-state index in [9.17, 15) is 4.79 Å². The Bertz CT molecular complexity index is 895. The zero-order chi connectivity index (χ0) is 23.0. The third-order valence-electron chi connectivity index (χ3n) is 4.91. The number of rotatable bonds is 11. The molecule has 168 valence electrons. The predicted molar refractivity (Wildman–Crippen MR) is 119 cm³/mol. The molecule has 0 N–H and O–H groups in total. The van der Waals surface area contributed by atoms with Crippen molar-refractivity contribution in [1.82, 2.24) is 0 Å². The Morgan fingerprint density at radius 1 is 0.774 bits per heavy atom. The largest absolute Gasteiger partial charge is 0.493 e. The summed E-state index contributed by atoms with van der Waals surface area (Å²) in [4.78, 5) is 12.8. The second-order valence-electron chi connectivity index (χ2n) is 6.79. The summed E-state index contributed by atoms with van der Waals surface area (Å²) in [5, 5.41) is 0. The standard InChI is InChI=1S/C24H30O7/c1-15(26-3)16(2)31-21-12-17(9-11-20(21)27-4)8-10-19(25)18-13-22(28-5)24(30-7)23(14-18)29-6/h8-16H,1-7H3/b10-8+. The minimum Gasteiger partial charge on any atom is -0.493 e. The van der Waals surface area contributed by atoms with Crippen LogP contribution in [0.4, 0.5) is 0 Å². The van der Waals surface area contributed by atoms with E-state index in [2.05, 4.69) is 0 Å². The van der Waals surface area contributed by atoms with Crippen LogP contribution in [-0.2, 0) is 4.74 Å². The van der Waals surface area contributed by atoms with Gasteiger partial charge in [0, 0.05) is 12.7 Å². The SMILES string of the molecule is COc1ccc(/C=C/C(=O)c2cc(OC)c(OC)c(OC)c2)cc1OC(C)C(C)OC. The molecule has 0 bridgehead atoms. The highest BCUT2D eigenvalue weighted by molar-refractivity contribution is 6.07. The maximum atomic E-state index is 12.8. The van der Waals surface area contributed by atoms with Crippen LogP contribution in [0.15, 0.2) is 36.4 Å². The lowest BCUT2D eigenvalue weighted by molar-refractivity contribution is 0.0221. The Morgan fingerprint density at radius 2 is 1.39 bits per heavy atom. The molecule has 2 unspecified atom stereocenters. The average Bonchev–Trinajstić information content (AvgIpc) is 2.80. The number of benzene rings is 2. The molecule has 0 spiro atoms. The molecule has 0 aliphatic carbocycles. The van der Waals surface area contributed by atoms with E-state index in [1.165, 1.54) is 27.4 Å². The summed E-state index contributed by atoms with van der Waals surface area (Å²) in [5.74, 6) is 2.23. The maximum Gasteiger partial charge on any atom is 0.203 e. The van der Waals surface area contributed by atoms with Gasteiger partial charge in [0.05, 0.1) is 34.5 Å². The van der Waals surface area contributed by atoms with Crippen LogP contribution < -0.4 is 23.7 Å². The molecular weight excluding hydrogens is 400 g/mol. The van der Waals surface area contributed by atoms with E-state index in [4.69, 9.17) is 28.4 Å². The van der Waals surface area contributed by atoms with Crippen LogP contribution in [0, 0.1) is 0 Å². The van der Waals surface area contributed by atoms with Gasteiger partial charge in [0.2, 0.25) is 5.75 Å². The number of ether oxygens (including phenoxy) is 6. The Kier molecular flexibility index (Phi) is 8.75. The Morgan fingerprint density at radius 3 is 1.90 bits per heavy atom.